The van der Waals surface area contributed by atoms with E-state index in [4.69, 9.17) is 5.11 Å². The first-order valence-electron chi connectivity index (χ1n) is 6.19. The van der Waals surface area contributed by atoms with Crippen LogP contribution >= 0.6 is 11.8 Å². The summed E-state index contributed by atoms with van der Waals surface area (Å²) in [4.78, 5) is 23.8. The van der Waals surface area contributed by atoms with Gasteiger partial charge >= 0.3 is 5.97 Å². The maximum Gasteiger partial charge on any atom is 0.303 e. The number of carboxylic acids is 1. The van der Waals surface area contributed by atoms with E-state index in [1.165, 1.54) is 16.7 Å². The maximum atomic E-state index is 12.0. The van der Waals surface area contributed by atoms with Crippen LogP contribution in [0, 0.1) is 0 Å². The van der Waals surface area contributed by atoms with Crippen LogP contribution in [0.5, 0.6) is 0 Å². The zero-order chi connectivity index (χ0) is 14.5. The lowest BCUT2D eigenvalue weighted by Gasteiger charge is -2.34. The highest BCUT2D eigenvalue weighted by molar-refractivity contribution is 8.01. The molecule has 1 aliphatic rings. The van der Waals surface area contributed by atoms with Crippen molar-refractivity contribution in [2.24, 2.45) is 0 Å². The molecule has 1 saturated heterocycles. The van der Waals surface area contributed by atoms with Crippen LogP contribution in [0.2, 0.25) is 0 Å². The highest BCUT2D eigenvalue weighted by Gasteiger charge is 2.35. The molecule has 1 amide bonds. The van der Waals surface area contributed by atoms with Crippen molar-refractivity contribution in [3.05, 3.63) is 0 Å². The van der Waals surface area contributed by atoms with E-state index in [0.717, 1.165) is 5.75 Å². The molecule has 1 fully saturated rings. The fraction of sp³-hybridized carbons (Fsp3) is 0.818. The first-order chi connectivity index (χ1) is 8.88. The number of hydrogen-bond acceptors (Lipinski definition) is 5. The second-order valence-electron chi connectivity index (χ2n) is 4.32. The number of amides is 1. The van der Waals surface area contributed by atoms with Crippen LogP contribution in [0.4, 0.5) is 0 Å². The number of sulfone groups is 1. The molecule has 1 atom stereocenters. The van der Waals surface area contributed by atoms with Gasteiger partial charge in [0, 0.05) is 36.6 Å². The Labute approximate surface area is 117 Å². The molecule has 1 heterocycles. The molecule has 1 rings (SSSR count). The highest BCUT2D eigenvalue weighted by atomic mass is 32.2. The summed E-state index contributed by atoms with van der Waals surface area (Å²) in [6.45, 7) is 1.99. The predicted molar refractivity (Wildman–Crippen MR) is 73.8 cm³/mol. The van der Waals surface area contributed by atoms with E-state index < -0.39 is 21.2 Å². The van der Waals surface area contributed by atoms with Crippen LogP contribution in [0.3, 0.4) is 0 Å². The van der Waals surface area contributed by atoms with Gasteiger partial charge in [0.15, 0.2) is 9.84 Å². The number of carbonyl (C=O) groups excluding carboxylic acids is 1. The van der Waals surface area contributed by atoms with Gasteiger partial charge in [-0.1, -0.05) is 6.92 Å². The molecule has 1 unspecified atom stereocenters. The molecule has 0 aromatic carbocycles. The minimum Gasteiger partial charge on any atom is -0.481 e. The molecule has 1 N–H and O–H groups in total. The van der Waals surface area contributed by atoms with Crippen molar-refractivity contribution in [1.82, 2.24) is 4.90 Å². The molecular weight excluding hydrogens is 290 g/mol. The van der Waals surface area contributed by atoms with Crippen molar-refractivity contribution < 1.29 is 23.1 Å². The highest BCUT2D eigenvalue weighted by Crippen LogP contribution is 2.22. The fourth-order valence-electron chi connectivity index (χ4n) is 1.89. The maximum absolute atomic E-state index is 12.0. The Morgan fingerprint density at radius 2 is 2.05 bits per heavy atom. The summed E-state index contributed by atoms with van der Waals surface area (Å²) in [6.07, 6.45) is 0.267. The SMILES string of the molecule is CCS(=O)(=O)C1CSCCN1C(=O)CCCC(=O)O. The molecule has 110 valence electrons. The third kappa shape index (κ3) is 4.68. The van der Waals surface area contributed by atoms with Crippen LogP contribution in [-0.2, 0) is 19.4 Å². The molecular formula is C11H19NO5S2. The van der Waals surface area contributed by atoms with Crippen LogP contribution < -0.4 is 0 Å². The molecule has 0 aliphatic carbocycles. The van der Waals surface area contributed by atoms with Gasteiger partial charge in [-0.25, -0.2) is 8.42 Å². The number of carboxylic acid groups (broad SMARTS) is 1. The minimum atomic E-state index is -3.29. The molecule has 6 nitrogen and oxygen atoms in total. The zero-order valence-corrected chi connectivity index (χ0v) is 12.5. The third-order valence-corrected chi connectivity index (χ3v) is 6.29. The molecule has 0 spiro atoms. The summed E-state index contributed by atoms with van der Waals surface area (Å²) >= 11 is 1.53. The van der Waals surface area contributed by atoms with Crippen LogP contribution in [-0.4, -0.2) is 59.5 Å². The van der Waals surface area contributed by atoms with E-state index >= 15 is 0 Å². The first-order valence-corrected chi connectivity index (χ1v) is 9.06. The molecule has 0 bridgehead atoms. The summed E-state index contributed by atoms with van der Waals surface area (Å²) in [5.74, 6) is -0.0680. The lowest BCUT2D eigenvalue weighted by Crippen LogP contribution is -2.50. The molecule has 19 heavy (non-hydrogen) atoms. The van der Waals surface area contributed by atoms with Crippen molar-refractivity contribution in [3.63, 3.8) is 0 Å². The molecule has 0 aromatic heterocycles. The average Bonchev–Trinajstić information content (AvgIpc) is 2.38. The lowest BCUT2D eigenvalue weighted by atomic mass is 10.2. The van der Waals surface area contributed by atoms with E-state index in [2.05, 4.69) is 0 Å². The second kappa shape index (κ2) is 7.14. The number of thioether (sulfide) groups is 1. The molecule has 0 saturated carbocycles. The van der Waals surface area contributed by atoms with E-state index in [1.54, 1.807) is 6.92 Å². The van der Waals surface area contributed by atoms with Crippen LogP contribution in [0.25, 0.3) is 0 Å². The zero-order valence-electron chi connectivity index (χ0n) is 10.9. The Morgan fingerprint density at radius 1 is 1.37 bits per heavy atom. The van der Waals surface area contributed by atoms with Crippen LogP contribution in [0.15, 0.2) is 0 Å². The van der Waals surface area contributed by atoms with E-state index in [9.17, 15) is 18.0 Å². The number of carbonyl (C=O) groups is 2. The normalized spacial score (nSPS) is 20.3. The van der Waals surface area contributed by atoms with E-state index in [1.807, 2.05) is 0 Å². The van der Waals surface area contributed by atoms with E-state index in [-0.39, 0.29) is 30.9 Å². The topological polar surface area (TPSA) is 91.8 Å². The monoisotopic (exact) mass is 309 g/mol. The molecule has 1 aliphatic heterocycles. The van der Waals surface area contributed by atoms with Gasteiger partial charge in [-0.3, -0.25) is 9.59 Å². The summed E-state index contributed by atoms with van der Waals surface area (Å²) in [7, 11) is -3.29. The van der Waals surface area contributed by atoms with Gasteiger partial charge in [0.05, 0.1) is 0 Å². The molecule has 8 heteroatoms. The van der Waals surface area contributed by atoms with Gasteiger partial charge in [-0.2, -0.15) is 11.8 Å². The van der Waals surface area contributed by atoms with Gasteiger partial charge < -0.3 is 10.0 Å². The van der Waals surface area contributed by atoms with E-state index in [0.29, 0.717) is 12.3 Å². The third-order valence-electron chi connectivity index (χ3n) is 3.00. The Bertz CT molecular complexity index is 434. The van der Waals surface area contributed by atoms with Crippen molar-refractivity contribution in [3.8, 4) is 0 Å². The van der Waals surface area contributed by atoms with Crippen molar-refractivity contribution in [1.29, 1.82) is 0 Å². The second-order valence-corrected chi connectivity index (χ2v) is 7.91. The molecule has 0 radical (unpaired) electrons. The Kier molecular flexibility index (Phi) is 6.12. The summed E-state index contributed by atoms with van der Waals surface area (Å²) < 4.78 is 23.9. The van der Waals surface area contributed by atoms with Gasteiger partial charge in [0.2, 0.25) is 5.91 Å². The standard InChI is InChI=1S/C11H19NO5S2/c1-2-19(16,17)10-8-18-7-6-12(10)9(13)4-3-5-11(14)15/h10H,2-8H2,1H3,(H,14,15). The van der Waals surface area contributed by atoms with Gasteiger partial charge in [-0.15, -0.1) is 0 Å². The van der Waals surface area contributed by atoms with Crippen molar-refractivity contribution >= 4 is 33.5 Å². The first kappa shape index (κ1) is 16.3. The van der Waals surface area contributed by atoms with Gasteiger partial charge in [0.25, 0.3) is 0 Å². The lowest BCUT2D eigenvalue weighted by molar-refractivity contribution is -0.137. The minimum absolute atomic E-state index is 0.0110. The number of hydrogen-bond donors (Lipinski definition) is 1. The Hall–Kier alpha value is -0.760. The Morgan fingerprint density at radius 3 is 2.63 bits per heavy atom. The quantitative estimate of drug-likeness (QED) is 0.771. The Balaban J connectivity index is 2.66. The summed E-state index contributed by atoms with van der Waals surface area (Å²) in [5, 5.41) is 7.78. The number of rotatable bonds is 6. The van der Waals surface area contributed by atoms with Crippen molar-refractivity contribution in [2.45, 2.75) is 31.6 Å². The fourth-order valence-corrected chi connectivity index (χ4v) is 4.88. The number of nitrogens with zero attached hydrogens (tertiary/aromatic N) is 1. The van der Waals surface area contributed by atoms with Crippen LogP contribution in [0.1, 0.15) is 26.2 Å². The van der Waals surface area contributed by atoms with Gasteiger partial charge in [0.1, 0.15) is 5.37 Å². The summed E-state index contributed by atoms with van der Waals surface area (Å²) in [6, 6.07) is 0. The number of aliphatic carboxylic acids is 1. The van der Waals surface area contributed by atoms with Gasteiger partial charge in [-0.05, 0) is 6.42 Å². The predicted octanol–water partition coefficient (Wildman–Crippen LogP) is 0.577. The summed E-state index contributed by atoms with van der Waals surface area (Å²) in [5.41, 5.74) is 0. The largest absolute Gasteiger partial charge is 0.481 e. The smallest absolute Gasteiger partial charge is 0.303 e. The average molecular weight is 309 g/mol. The van der Waals surface area contributed by atoms with Crippen molar-refractivity contribution in [2.75, 3.05) is 23.8 Å². The molecule has 0 aromatic rings.